The molecule has 1 aliphatic rings. The van der Waals surface area contributed by atoms with Gasteiger partial charge in [-0.05, 0) is 43.4 Å². The molecular weight excluding hydrogens is 474 g/mol. The molecule has 0 amide bonds. The fraction of sp³-hybridized carbons (Fsp3) is 0.276. The van der Waals surface area contributed by atoms with Crippen molar-refractivity contribution >= 4 is 22.4 Å². The van der Waals surface area contributed by atoms with Crippen LogP contribution < -0.4 is 10.6 Å². The van der Waals surface area contributed by atoms with Crippen molar-refractivity contribution in [3.63, 3.8) is 0 Å². The SMILES string of the molecule is C=C(Nc1cncc(-c2cc(Cc3nc4c(-n5cnc(C)c5)cncc4[nH]3)c(NC)cn2)c1)C1CCCC1. The van der Waals surface area contributed by atoms with E-state index in [4.69, 9.17) is 9.97 Å². The monoisotopic (exact) mass is 505 g/mol. The molecule has 0 radical (unpaired) electrons. The molecule has 0 aliphatic heterocycles. The summed E-state index contributed by atoms with van der Waals surface area (Å²) in [4.78, 5) is 26.3. The third-order valence-electron chi connectivity index (χ3n) is 7.22. The first-order valence-electron chi connectivity index (χ1n) is 13.0. The smallest absolute Gasteiger partial charge is 0.116 e. The number of anilines is 2. The quantitative estimate of drug-likeness (QED) is 0.250. The highest BCUT2D eigenvalue weighted by molar-refractivity contribution is 5.83. The normalized spacial score (nSPS) is 13.7. The number of hydrogen-bond donors (Lipinski definition) is 3. The van der Waals surface area contributed by atoms with E-state index < -0.39 is 0 Å². The molecule has 0 saturated heterocycles. The highest BCUT2D eigenvalue weighted by atomic mass is 15.1. The predicted molar refractivity (Wildman–Crippen MR) is 150 cm³/mol. The number of imidazole rings is 2. The Balaban J connectivity index is 1.28. The van der Waals surface area contributed by atoms with Gasteiger partial charge in [-0.2, -0.15) is 0 Å². The minimum atomic E-state index is 0.538. The maximum atomic E-state index is 4.93. The number of H-pyrrole nitrogens is 1. The summed E-state index contributed by atoms with van der Waals surface area (Å²) in [6, 6.07) is 4.19. The molecule has 1 fully saturated rings. The van der Waals surface area contributed by atoms with Gasteiger partial charge in [0.15, 0.2) is 0 Å². The summed E-state index contributed by atoms with van der Waals surface area (Å²) in [6.45, 7) is 6.25. The van der Waals surface area contributed by atoms with Crippen LogP contribution in [0, 0.1) is 12.8 Å². The zero-order chi connectivity index (χ0) is 26.1. The van der Waals surface area contributed by atoms with E-state index in [-0.39, 0.29) is 0 Å². The Kier molecular flexibility index (Phi) is 6.33. The van der Waals surface area contributed by atoms with Gasteiger partial charge in [0.25, 0.3) is 0 Å². The highest BCUT2D eigenvalue weighted by Gasteiger charge is 2.18. The average molecular weight is 506 g/mol. The molecule has 0 bridgehead atoms. The largest absolute Gasteiger partial charge is 0.387 e. The molecular formula is C29H31N9. The van der Waals surface area contributed by atoms with E-state index >= 15 is 0 Å². The van der Waals surface area contributed by atoms with Gasteiger partial charge < -0.3 is 20.2 Å². The Morgan fingerprint density at radius 3 is 2.71 bits per heavy atom. The van der Waals surface area contributed by atoms with Crippen LogP contribution in [0.15, 0.2) is 67.9 Å². The number of aryl methyl sites for hydroxylation is 1. The Hall–Kier alpha value is -4.53. The fourth-order valence-electron chi connectivity index (χ4n) is 5.21. The van der Waals surface area contributed by atoms with Gasteiger partial charge in [-0.3, -0.25) is 15.0 Å². The standard InChI is InChI=1S/C29H31N9/c1-18-16-38(17-34-18)27-15-32-13-26-29(27)37-28(36-26)10-21-9-24(33-14-25(21)30-3)22-8-23(12-31-11-22)35-19(2)20-6-4-5-7-20/h8-9,11-17,20,30,35H,2,4-7,10H2,1,3H3,(H,36,37). The molecule has 5 aromatic rings. The molecule has 1 aliphatic carbocycles. The van der Waals surface area contributed by atoms with Crippen LogP contribution in [0.3, 0.4) is 0 Å². The van der Waals surface area contributed by atoms with Crippen LogP contribution in [0.2, 0.25) is 0 Å². The summed E-state index contributed by atoms with van der Waals surface area (Å²) in [6.07, 6.45) is 18.5. The van der Waals surface area contributed by atoms with E-state index in [1.54, 1.807) is 12.5 Å². The van der Waals surface area contributed by atoms with E-state index in [2.05, 4.69) is 49.3 Å². The van der Waals surface area contributed by atoms with Crippen LogP contribution in [0.4, 0.5) is 11.4 Å². The van der Waals surface area contributed by atoms with Crippen molar-refractivity contribution < 1.29 is 0 Å². The Bertz CT molecular complexity index is 1610. The topological polar surface area (TPSA) is 109 Å². The van der Waals surface area contributed by atoms with Gasteiger partial charge in [0.2, 0.25) is 0 Å². The lowest BCUT2D eigenvalue weighted by Crippen LogP contribution is -2.07. The molecule has 0 unspecified atom stereocenters. The van der Waals surface area contributed by atoms with Gasteiger partial charge >= 0.3 is 0 Å². The summed E-state index contributed by atoms with van der Waals surface area (Å²) >= 11 is 0. The minimum Gasteiger partial charge on any atom is -0.387 e. The summed E-state index contributed by atoms with van der Waals surface area (Å²) in [7, 11) is 1.91. The molecule has 3 N–H and O–H groups in total. The van der Waals surface area contributed by atoms with Crippen LogP contribution in [-0.2, 0) is 6.42 Å². The first kappa shape index (κ1) is 23.8. The molecule has 9 nitrogen and oxygen atoms in total. The number of nitrogens with one attached hydrogen (secondary N) is 3. The predicted octanol–water partition coefficient (Wildman–Crippen LogP) is 5.66. The van der Waals surface area contributed by atoms with Crippen molar-refractivity contribution in [3.8, 4) is 16.9 Å². The van der Waals surface area contributed by atoms with Crippen molar-refractivity contribution in [2.45, 2.75) is 39.0 Å². The zero-order valence-electron chi connectivity index (χ0n) is 21.7. The third-order valence-corrected chi connectivity index (χ3v) is 7.22. The first-order chi connectivity index (χ1) is 18.6. The van der Waals surface area contributed by atoms with Gasteiger partial charge in [-0.1, -0.05) is 19.4 Å². The lowest BCUT2D eigenvalue weighted by molar-refractivity contribution is 0.649. The number of aromatic amines is 1. The Morgan fingerprint density at radius 1 is 1.08 bits per heavy atom. The maximum absolute atomic E-state index is 4.93. The second kappa shape index (κ2) is 10.1. The molecule has 0 spiro atoms. The number of aromatic nitrogens is 7. The van der Waals surface area contributed by atoms with Crippen LogP contribution in [0.1, 0.15) is 42.8 Å². The third kappa shape index (κ3) is 4.74. The average Bonchev–Trinajstić information content (AvgIpc) is 3.69. The van der Waals surface area contributed by atoms with Crippen molar-refractivity contribution in [2.75, 3.05) is 17.7 Å². The van der Waals surface area contributed by atoms with Gasteiger partial charge in [0.1, 0.15) is 11.3 Å². The zero-order valence-corrected chi connectivity index (χ0v) is 21.7. The lowest BCUT2D eigenvalue weighted by Gasteiger charge is -2.16. The molecule has 0 aromatic carbocycles. The van der Waals surface area contributed by atoms with E-state index in [1.165, 1.54) is 25.7 Å². The van der Waals surface area contributed by atoms with Gasteiger partial charge in [0.05, 0.1) is 65.1 Å². The van der Waals surface area contributed by atoms with Crippen LogP contribution in [-0.4, -0.2) is 41.5 Å². The summed E-state index contributed by atoms with van der Waals surface area (Å²) in [5, 5.41) is 6.75. The number of hydrogen-bond acceptors (Lipinski definition) is 7. The molecule has 192 valence electrons. The molecule has 9 heteroatoms. The number of pyridine rings is 3. The molecule has 5 aromatic heterocycles. The van der Waals surface area contributed by atoms with Crippen molar-refractivity contribution in [3.05, 3.63) is 85.0 Å². The van der Waals surface area contributed by atoms with E-state index in [9.17, 15) is 0 Å². The van der Waals surface area contributed by atoms with E-state index in [0.29, 0.717) is 12.3 Å². The summed E-state index contributed by atoms with van der Waals surface area (Å²) < 4.78 is 1.95. The Morgan fingerprint density at radius 2 is 1.92 bits per heavy atom. The minimum absolute atomic E-state index is 0.538. The van der Waals surface area contributed by atoms with Crippen LogP contribution in [0.5, 0.6) is 0 Å². The van der Waals surface area contributed by atoms with Crippen molar-refractivity contribution in [1.82, 2.24) is 34.5 Å². The number of fused-ring (bicyclic) bond motifs is 1. The van der Waals surface area contributed by atoms with Gasteiger partial charge in [-0.25, -0.2) is 9.97 Å². The van der Waals surface area contributed by atoms with Crippen LogP contribution >= 0.6 is 0 Å². The molecule has 1 saturated carbocycles. The molecule has 38 heavy (non-hydrogen) atoms. The fourth-order valence-corrected chi connectivity index (χ4v) is 5.21. The number of nitrogens with zero attached hydrogens (tertiary/aromatic N) is 6. The molecule has 6 rings (SSSR count). The van der Waals surface area contributed by atoms with Crippen molar-refractivity contribution in [1.29, 1.82) is 0 Å². The van der Waals surface area contributed by atoms with Gasteiger partial charge in [0, 0.05) is 37.1 Å². The van der Waals surface area contributed by atoms with Gasteiger partial charge in [-0.15, -0.1) is 0 Å². The van der Waals surface area contributed by atoms with E-state index in [0.717, 1.165) is 62.1 Å². The second-order valence-electron chi connectivity index (χ2n) is 9.91. The van der Waals surface area contributed by atoms with Crippen molar-refractivity contribution in [2.24, 2.45) is 5.92 Å². The van der Waals surface area contributed by atoms with E-state index in [1.807, 2.05) is 49.5 Å². The summed E-state index contributed by atoms with van der Waals surface area (Å²) in [5.41, 5.74) is 9.43. The highest BCUT2D eigenvalue weighted by Crippen LogP contribution is 2.32. The first-order valence-corrected chi connectivity index (χ1v) is 13.0. The Labute approximate surface area is 221 Å². The van der Waals surface area contributed by atoms with Crippen LogP contribution in [0.25, 0.3) is 28.0 Å². The molecule has 5 heterocycles. The lowest BCUT2D eigenvalue weighted by atomic mass is 10.0. The number of allylic oxidation sites excluding steroid dienone is 1. The molecule has 0 atom stereocenters. The summed E-state index contributed by atoms with van der Waals surface area (Å²) in [5.74, 6) is 1.39. The maximum Gasteiger partial charge on any atom is 0.116 e. The second-order valence-corrected chi connectivity index (χ2v) is 9.91. The number of rotatable bonds is 8.